The SMILES string of the molecule is CC(C)N(CC(N)=S)S(=O)(=O)c1cccs1. The third-order valence-corrected chi connectivity index (χ3v) is 5.47. The van der Waals surface area contributed by atoms with Crippen LogP contribution >= 0.6 is 23.6 Å². The number of nitrogens with two attached hydrogens (primary N) is 1. The van der Waals surface area contributed by atoms with Gasteiger partial charge in [0.15, 0.2) is 0 Å². The summed E-state index contributed by atoms with van der Waals surface area (Å²) in [4.78, 5) is 0.175. The van der Waals surface area contributed by atoms with Crippen molar-refractivity contribution in [1.29, 1.82) is 0 Å². The first kappa shape index (κ1) is 13.6. The smallest absolute Gasteiger partial charge is 0.253 e. The van der Waals surface area contributed by atoms with Gasteiger partial charge in [0.1, 0.15) is 4.21 Å². The Hall–Kier alpha value is -0.500. The molecule has 0 unspecified atom stereocenters. The van der Waals surface area contributed by atoms with Gasteiger partial charge in [0.2, 0.25) is 0 Å². The molecule has 0 amide bonds. The predicted molar refractivity (Wildman–Crippen MR) is 70.1 cm³/mol. The van der Waals surface area contributed by atoms with Crippen molar-refractivity contribution in [2.24, 2.45) is 5.73 Å². The van der Waals surface area contributed by atoms with E-state index in [1.807, 2.05) is 0 Å². The van der Waals surface area contributed by atoms with Crippen LogP contribution in [0.25, 0.3) is 0 Å². The zero-order valence-electron chi connectivity index (χ0n) is 9.08. The highest BCUT2D eigenvalue weighted by molar-refractivity contribution is 7.91. The van der Waals surface area contributed by atoms with Gasteiger partial charge in [-0.1, -0.05) is 18.3 Å². The van der Waals surface area contributed by atoms with Gasteiger partial charge in [-0.3, -0.25) is 0 Å². The van der Waals surface area contributed by atoms with Gasteiger partial charge in [0.05, 0.1) is 11.5 Å². The Balaban J connectivity index is 3.08. The lowest BCUT2D eigenvalue weighted by atomic mass is 10.4. The summed E-state index contributed by atoms with van der Waals surface area (Å²) in [6.07, 6.45) is 0. The summed E-state index contributed by atoms with van der Waals surface area (Å²) < 4.78 is 26.0. The van der Waals surface area contributed by atoms with E-state index in [0.717, 1.165) is 0 Å². The minimum Gasteiger partial charge on any atom is -0.392 e. The van der Waals surface area contributed by atoms with Crippen LogP contribution in [0.15, 0.2) is 21.7 Å². The van der Waals surface area contributed by atoms with Crippen LogP contribution in [0.3, 0.4) is 0 Å². The lowest BCUT2D eigenvalue weighted by Crippen LogP contribution is -2.41. The van der Waals surface area contributed by atoms with Crippen LogP contribution in [0, 0.1) is 0 Å². The standard InChI is InChI=1S/C9H14N2O2S3/c1-7(2)11(6-8(10)14)16(12,13)9-4-3-5-15-9/h3-5,7H,6H2,1-2H3,(H2,10,14). The van der Waals surface area contributed by atoms with Gasteiger partial charge in [-0.05, 0) is 25.3 Å². The summed E-state index contributed by atoms with van der Waals surface area (Å²) >= 11 is 5.95. The van der Waals surface area contributed by atoms with Crippen molar-refractivity contribution in [1.82, 2.24) is 4.31 Å². The summed E-state index contributed by atoms with van der Waals surface area (Å²) in [7, 11) is -3.47. The molecule has 1 aromatic rings. The van der Waals surface area contributed by atoms with E-state index < -0.39 is 10.0 Å². The summed E-state index contributed by atoms with van der Waals surface area (Å²) in [5.41, 5.74) is 5.41. The topological polar surface area (TPSA) is 63.4 Å². The third kappa shape index (κ3) is 3.00. The summed E-state index contributed by atoms with van der Waals surface area (Å²) in [6, 6.07) is 3.11. The molecule has 0 bridgehead atoms. The quantitative estimate of drug-likeness (QED) is 0.828. The second-order valence-electron chi connectivity index (χ2n) is 3.54. The van der Waals surface area contributed by atoms with Crippen LogP contribution in [0.1, 0.15) is 13.8 Å². The molecule has 0 aliphatic rings. The molecule has 1 heterocycles. The Morgan fingerprint density at radius 1 is 1.62 bits per heavy atom. The number of sulfonamides is 1. The molecule has 1 aromatic heterocycles. The fourth-order valence-corrected chi connectivity index (χ4v) is 4.18. The predicted octanol–water partition coefficient (Wildman–Crippen LogP) is 1.43. The van der Waals surface area contributed by atoms with E-state index in [9.17, 15) is 8.42 Å². The molecule has 0 aliphatic carbocycles. The first-order valence-corrected chi connectivity index (χ1v) is 7.42. The van der Waals surface area contributed by atoms with Gasteiger partial charge in [0.25, 0.3) is 10.0 Å². The van der Waals surface area contributed by atoms with E-state index in [0.29, 0.717) is 4.21 Å². The summed E-state index contributed by atoms with van der Waals surface area (Å²) in [6.45, 7) is 3.67. The fraction of sp³-hybridized carbons (Fsp3) is 0.444. The molecule has 7 heteroatoms. The Morgan fingerprint density at radius 2 is 2.25 bits per heavy atom. The molecule has 0 radical (unpaired) electrons. The van der Waals surface area contributed by atoms with Crippen molar-refractivity contribution < 1.29 is 8.42 Å². The Labute approximate surface area is 105 Å². The molecule has 0 spiro atoms. The van der Waals surface area contributed by atoms with Gasteiger partial charge in [0, 0.05) is 6.04 Å². The van der Waals surface area contributed by atoms with Crippen molar-refractivity contribution in [2.45, 2.75) is 24.1 Å². The molecule has 90 valence electrons. The van der Waals surface area contributed by atoms with Gasteiger partial charge >= 0.3 is 0 Å². The van der Waals surface area contributed by atoms with Gasteiger partial charge in [-0.25, -0.2) is 8.42 Å². The van der Waals surface area contributed by atoms with E-state index in [2.05, 4.69) is 0 Å². The van der Waals surface area contributed by atoms with Crippen molar-refractivity contribution in [3.05, 3.63) is 17.5 Å². The molecule has 0 saturated carbocycles. The lowest BCUT2D eigenvalue weighted by molar-refractivity contribution is 0.392. The van der Waals surface area contributed by atoms with Gasteiger partial charge in [-0.15, -0.1) is 11.3 Å². The van der Waals surface area contributed by atoms with Crippen molar-refractivity contribution >= 4 is 38.6 Å². The van der Waals surface area contributed by atoms with Crippen LogP contribution in [0.2, 0.25) is 0 Å². The van der Waals surface area contributed by atoms with E-state index >= 15 is 0 Å². The van der Waals surface area contributed by atoms with Crippen LogP contribution in [-0.4, -0.2) is 30.3 Å². The number of thiophene rings is 1. The number of rotatable bonds is 5. The van der Waals surface area contributed by atoms with Crippen LogP contribution in [0.5, 0.6) is 0 Å². The normalized spacial score (nSPS) is 12.2. The minimum atomic E-state index is -3.47. The largest absolute Gasteiger partial charge is 0.392 e. The van der Waals surface area contributed by atoms with Crippen molar-refractivity contribution in [2.75, 3.05) is 6.54 Å². The van der Waals surface area contributed by atoms with Gasteiger partial charge in [-0.2, -0.15) is 4.31 Å². The number of thiocarbonyl (C=S) groups is 1. The van der Waals surface area contributed by atoms with Gasteiger partial charge < -0.3 is 5.73 Å². The molecule has 0 atom stereocenters. The second kappa shape index (κ2) is 5.22. The summed E-state index contributed by atoms with van der Waals surface area (Å²) in [5, 5.41) is 1.73. The monoisotopic (exact) mass is 278 g/mol. The molecule has 2 N–H and O–H groups in total. The van der Waals surface area contributed by atoms with E-state index in [1.54, 1.807) is 31.4 Å². The molecule has 16 heavy (non-hydrogen) atoms. The molecule has 0 saturated heterocycles. The second-order valence-corrected chi connectivity index (χ2v) is 7.13. The zero-order valence-corrected chi connectivity index (χ0v) is 11.5. The molecule has 1 rings (SSSR count). The third-order valence-electron chi connectivity index (χ3n) is 1.95. The Bertz CT molecular complexity index is 451. The van der Waals surface area contributed by atoms with E-state index in [1.165, 1.54) is 15.6 Å². The molecular formula is C9H14N2O2S3. The highest BCUT2D eigenvalue weighted by Gasteiger charge is 2.28. The highest BCUT2D eigenvalue weighted by Crippen LogP contribution is 2.22. The molecule has 0 fully saturated rings. The maximum Gasteiger partial charge on any atom is 0.253 e. The summed E-state index contributed by atoms with van der Waals surface area (Å²) in [5.74, 6) is 0. The molecule has 0 aromatic carbocycles. The molecule has 4 nitrogen and oxygen atoms in total. The maximum absolute atomic E-state index is 12.2. The highest BCUT2D eigenvalue weighted by atomic mass is 32.2. The van der Waals surface area contributed by atoms with Crippen LogP contribution in [0.4, 0.5) is 0 Å². The minimum absolute atomic E-state index is 0.0766. The molecule has 0 aliphatic heterocycles. The van der Waals surface area contributed by atoms with Crippen LogP contribution < -0.4 is 5.73 Å². The average molecular weight is 278 g/mol. The number of nitrogens with zero attached hydrogens (tertiary/aromatic N) is 1. The maximum atomic E-state index is 12.2. The average Bonchev–Trinajstić information content (AvgIpc) is 2.66. The number of hydrogen-bond donors (Lipinski definition) is 1. The fourth-order valence-electron chi connectivity index (χ4n) is 1.22. The van der Waals surface area contributed by atoms with E-state index in [4.69, 9.17) is 18.0 Å². The Morgan fingerprint density at radius 3 is 2.62 bits per heavy atom. The van der Waals surface area contributed by atoms with Crippen molar-refractivity contribution in [3.8, 4) is 0 Å². The van der Waals surface area contributed by atoms with Crippen molar-refractivity contribution in [3.63, 3.8) is 0 Å². The van der Waals surface area contributed by atoms with E-state index in [-0.39, 0.29) is 17.6 Å². The number of hydrogen-bond acceptors (Lipinski definition) is 4. The molecular weight excluding hydrogens is 264 g/mol. The first-order chi connectivity index (χ1) is 7.35. The Kier molecular flexibility index (Phi) is 4.43. The van der Waals surface area contributed by atoms with Crippen LogP contribution in [-0.2, 0) is 10.0 Å². The lowest BCUT2D eigenvalue weighted by Gasteiger charge is -2.24. The first-order valence-electron chi connectivity index (χ1n) is 4.69. The zero-order chi connectivity index (χ0) is 12.3.